The molecule has 17 heavy (non-hydrogen) atoms. The Labute approximate surface area is 102 Å². The van der Waals surface area contributed by atoms with Gasteiger partial charge in [-0.05, 0) is 26.0 Å². The van der Waals surface area contributed by atoms with E-state index in [9.17, 15) is 9.90 Å². The minimum absolute atomic E-state index is 0.0300. The standard InChI is InChI=1S/C13H20N2O2/c1-2-15(9-5-8-14)13(17)10-11-6-3-4-7-12(11)16/h3-4,6-7,16H,2,5,8-10,14H2,1H3. The van der Waals surface area contributed by atoms with Crippen molar-refractivity contribution in [1.82, 2.24) is 4.90 Å². The summed E-state index contributed by atoms with van der Waals surface area (Å²) < 4.78 is 0. The Morgan fingerprint density at radius 3 is 2.71 bits per heavy atom. The minimum atomic E-state index is 0.0300. The van der Waals surface area contributed by atoms with Crippen LogP contribution in [0.2, 0.25) is 0 Å². The van der Waals surface area contributed by atoms with Gasteiger partial charge in [0.2, 0.25) is 5.91 Å². The molecule has 1 aromatic carbocycles. The van der Waals surface area contributed by atoms with Crippen molar-refractivity contribution in [2.24, 2.45) is 5.73 Å². The van der Waals surface area contributed by atoms with Gasteiger partial charge in [0.15, 0.2) is 0 Å². The molecule has 0 unspecified atom stereocenters. The van der Waals surface area contributed by atoms with Gasteiger partial charge in [-0.2, -0.15) is 0 Å². The van der Waals surface area contributed by atoms with E-state index in [1.54, 1.807) is 23.1 Å². The fraction of sp³-hybridized carbons (Fsp3) is 0.462. The highest BCUT2D eigenvalue weighted by Gasteiger charge is 2.13. The highest BCUT2D eigenvalue weighted by molar-refractivity contribution is 5.79. The number of hydrogen-bond acceptors (Lipinski definition) is 3. The van der Waals surface area contributed by atoms with Crippen molar-refractivity contribution in [2.75, 3.05) is 19.6 Å². The molecule has 0 saturated heterocycles. The number of phenolic OH excluding ortho intramolecular Hbond substituents is 1. The summed E-state index contributed by atoms with van der Waals surface area (Å²) >= 11 is 0. The van der Waals surface area contributed by atoms with Crippen molar-refractivity contribution in [3.63, 3.8) is 0 Å². The summed E-state index contributed by atoms with van der Waals surface area (Å²) in [6, 6.07) is 6.93. The molecule has 0 aliphatic rings. The van der Waals surface area contributed by atoms with Gasteiger partial charge in [-0.15, -0.1) is 0 Å². The van der Waals surface area contributed by atoms with Crippen molar-refractivity contribution in [1.29, 1.82) is 0 Å². The van der Waals surface area contributed by atoms with Gasteiger partial charge in [0.25, 0.3) is 0 Å². The second-order valence-electron chi connectivity index (χ2n) is 3.92. The van der Waals surface area contributed by atoms with Crippen LogP contribution in [-0.4, -0.2) is 35.5 Å². The highest BCUT2D eigenvalue weighted by Crippen LogP contribution is 2.16. The molecule has 4 nitrogen and oxygen atoms in total. The second-order valence-corrected chi connectivity index (χ2v) is 3.92. The molecule has 0 spiro atoms. The van der Waals surface area contributed by atoms with Gasteiger partial charge in [-0.25, -0.2) is 0 Å². The van der Waals surface area contributed by atoms with Gasteiger partial charge < -0.3 is 15.7 Å². The molecular weight excluding hydrogens is 216 g/mol. The molecule has 0 heterocycles. The Balaban J connectivity index is 2.61. The third-order valence-corrected chi connectivity index (χ3v) is 2.70. The number of phenols is 1. The first-order valence-electron chi connectivity index (χ1n) is 5.93. The van der Waals surface area contributed by atoms with Crippen molar-refractivity contribution in [3.05, 3.63) is 29.8 Å². The van der Waals surface area contributed by atoms with E-state index in [1.165, 1.54) is 0 Å². The average molecular weight is 236 g/mol. The van der Waals surface area contributed by atoms with Crippen LogP contribution in [-0.2, 0) is 11.2 Å². The second kappa shape index (κ2) is 6.91. The average Bonchev–Trinajstić information content (AvgIpc) is 2.33. The lowest BCUT2D eigenvalue weighted by molar-refractivity contribution is -0.130. The third kappa shape index (κ3) is 4.07. The zero-order valence-electron chi connectivity index (χ0n) is 10.2. The summed E-state index contributed by atoms with van der Waals surface area (Å²) in [5.74, 6) is 0.207. The Kier molecular flexibility index (Phi) is 5.49. The molecule has 0 fully saturated rings. The van der Waals surface area contributed by atoms with E-state index >= 15 is 0 Å². The highest BCUT2D eigenvalue weighted by atomic mass is 16.3. The molecule has 1 aromatic rings. The lowest BCUT2D eigenvalue weighted by Crippen LogP contribution is -2.33. The number of benzene rings is 1. The Bertz CT molecular complexity index is 366. The van der Waals surface area contributed by atoms with E-state index < -0.39 is 0 Å². The SMILES string of the molecule is CCN(CCCN)C(=O)Cc1ccccc1O. The summed E-state index contributed by atoms with van der Waals surface area (Å²) in [6.07, 6.45) is 1.05. The maximum atomic E-state index is 12.0. The number of carbonyl (C=O) groups is 1. The maximum Gasteiger partial charge on any atom is 0.227 e. The molecule has 0 atom stereocenters. The van der Waals surface area contributed by atoms with Crippen LogP contribution in [0.25, 0.3) is 0 Å². The molecule has 0 radical (unpaired) electrons. The predicted molar refractivity (Wildman–Crippen MR) is 67.7 cm³/mol. The van der Waals surface area contributed by atoms with Gasteiger partial charge in [-0.1, -0.05) is 18.2 Å². The van der Waals surface area contributed by atoms with Crippen LogP contribution < -0.4 is 5.73 Å². The minimum Gasteiger partial charge on any atom is -0.508 e. The Hall–Kier alpha value is -1.55. The fourth-order valence-electron chi connectivity index (χ4n) is 1.68. The quantitative estimate of drug-likeness (QED) is 0.778. The van der Waals surface area contributed by atoms with Gasteiger partial charge in [0.05, 0.1) is 6.42 Å². The van der Waals surface area contributed by atoms with Gasteiger partial charge >= 0.3 is 0 Å². The lowest BCUT2D eigenvalue weighted by atomic mass is 10.1. The normalized spacial score (nSPS) is 10.2. The van der Waals surface area contributed by atoms with Gasteiger partial charge in [0.1, 0.15) is 5.75 Å². The zero-order chi connectivity index (χ0) is 12.7. The fourth-order valence-corrected chi connectivity index (χ4v) is 1.68. The first kappa shape index (κ1) is 13.5. The number of carbonyl (C=O) groups excluding carboxylic acids is 1. The summed E-state index contributed by atoms with van der Waals surface area (Å²) in [5, 5.41) is 9.60. The Morgan fingerprint density at radius 2 is 2.12 bits per heavy atom. The van der Waals surface area contributed by atoms with Crippen LogP contribution in [0.4, 0.5) is 0 Å². The molecule has 94 valence electrons. The van der Waals surface area contributed by atoms with Crippen molar-refractivity contribution in [2.45, 2.75) is 19.8 Å². The molecule has 3 N–H and O–H groups in total. The first-order valence-corrected chi connectivity index (χ1v) is 5.93. The molecule has 1 amide bonds. The number of nitrogens with zero attached hydrogens (tertiary/aromatic N) is 1. The molecule has 0 aliphatic carbocycles. The summed E-state index contributed by atoms with van der Waals surface area (Å²) in [6.45, 7) is 3.88. The zero-order valence-corrected chi connectivity index (χ0v) is 10.2. The van der Waals surface area contributed by atoms with Crippen LogP contribution in [0, 0.1) is 0 Å². The van der Waals surface area contributed by atoms with E-state index in [0.29, 0.717) is 25.2 Å². The molecular formula is C13H20N2O2. The number of para-hydroxylation sites is 1. The first-order chi connectivity index (χ1) is 8.19. The largest absolute Gasteiger partial charge is 0.508 e. The lowest BCUT2D eigenvalue weighted by Gasteiger charge is -2.20. The third-order valence-electron chi connectivity index (χ3n) is 2.70. The van der Waals surface area contributed by atoms with Crippen molar-refractivity contribution in [3.8, 4) is 5.75 Å². The van der Waals surface area contributed by atoms with Crippen LogP contribution in [0.1, 0.15) is 18.9 Å². The van der Waals surface area contributed by atoms with Gasteiger partial charge in [0, 0.05) is 18.7 Å². The maximum absolute atomic E-state index is 12.0. The summed E-state index contributed by atoms with van der Waals surface area (Å²) in [5.41, 5.74) is 6.10. The van der Waals surface area contributed by atoms with E-state index in [2.05, 4.69) is 0 Å². The van der Waals surface area contributed by atoms with Crippen LogP contribution in [0.3, 0.4) is 0 Å². The van der Waals surface area contributed by atoms with Gasteiger partial charge in [-0.3, -0.25) is 4.79 Å². The number of likely N-dealkylation sites (N-methyl/N-ethyl adjacent to an activating group) is 1. The van der Waals surface area contributed by atoms with E-state index in [1.807, 2.05) is 13.0 Å². The number of aromatic hydroxyl groups is 1. The molecule has 0 bridgehead atoms. The Morgan fingerprint density at radius 1 is 1.41 bits per heavy atom. The summed E-state index contributed by atoms with van der Waals surface area (Å²) in [7, 11) is 0. The molecule has 1 rings (SSSR count). The number of rotatable bonds is 6. The van der Waals surface area contributed by atoms with E-state index in [4.69, 9.17) is 5.73 Å². The molecule has 4 heteroatoms. The van der Waals surface area contributed by atoms with Crippen LogP contribution in [0.15, 0.2) is 24.3 Å². The van der Waals surface area contributed by atoms with Crippen molar-refractivity contribution < 1.29 is 9.90 Å². The van der Waals surface area contributed by atoms with E-state index in [0.717, 1.165) is 6.42 Å². The number of nitrogens with two attached hydrogens (primary N) is 1. The molecule has 0 saturated carbocycles. The number of amides is 1. The van der Waals surface area contributed by atoms with Crippen LogP contribution in [0.5, 0.6) is 5.75 Å². The van der Waals surface area contributed by atoms with E-state index in [-0.39, 0.29) is 18.1 Å². The smallest absolute Gasteiger partial charge is 0.227 e. The summed E-state index contributed by atoms with van der Waals surface area (Å²) in [4.78, 5) is 13.7. The monoisotopic (exact) mass is 236 g/mol. The van der Waals surface area contributed by atoms with Crippen LogP contribution >= 0.6 is 0 Å². The predicted octanol–water partition coefficient (Wildman–Crippen LogP) is 1.13. The molecule has 0 aliphatic heterocycles. The molecule has 0 aromatic heterocycles. The topological polar surface area (TPSA) is 66.6 Å². The van der Waals surface area contributed by atoms with Crippen molar-refractivity contribution >= 4 is 5.91 Å². The number of hydrogen-bond donors (Lipinski definition) is 2.